The van der Waals surface area contributed by atoms with Crippen molar-refractivity contribution in [2.45, 2.75) is 12.5 Å². The molecular formula is C27H22N2O4. The lowest BCUT2D eigenvalue weighted by Gasteiger charge is -2.26. The van der Waals surface area contributed by atoms with Gasteiger partial charge in [-0.25, -0.2) is 5.43 Å². The molecule has 0 aliphatic heterocycles. The smallest absolute Gasteiger partial charge is 0.281 e. The maximum atomic E-state index is 13.0. The summed E-state index contributed by atoms with van der Waals surface area (Å²) in [6.07, 6.45) is 1.36. The van der Waals surface area contributed by atoms with Gasteiger partial charge >= 0.3 is 0 Å². The second-order valence-electron chi connectivity index (χ2n) is 7.48. The van der Waals surface area contributed by atoms with E-state index in [1.165, 1.54) is 13.1 Å². The highest BCUT2D eigenvalue weighted by Gasteiger charge is 2.39. The van der Waals surface area contributed by atoms with Crippen molar-refractivity contribution in [3.05, 3.63) is 120 Å². The number of rotatable bonds is 7. The van der Waals surface area contributed by atoms with Crippen LogP contribution in [0.1, 0.15) is 34.2 Å². The molecule has 0 saturated carbocycles. The van der Waals surface area contributed by atoms with Crippen LogP contribution in [0.4, 0.5) is 0 Å². The van der Waals surface area contributed by atoms with Gasteiger partial charge in [-0.1, -0.05) is 84.9 Å². The molecule has 0 spiro atoms. The summed E-state index contributed by atoms with van der Waals surface area (Å²) in [7, 11) is 0. The molecule has 0 bridgehead atoms. The van der Waals surface area contributed by atoms with Crippen molar-refractivity contribution in [1.29, 1.82) is 0 Å². The molecule has 1 amide bonds. The number of amides is 1. The number of aliphatic hydroxyl groups is 1. The molecule has 4 aromatic rings. The molecule has 0 radical (unpaired) electrons. The highest BCUT2D eigenvalue weighted by Crippen LogP contribution is 2.30. The van der Waals surface area contributed by atoms with Crippen molar-refractivity contribution >= 4 is 17.9 Å². The van der Waals surface area contributed by atoms with Gasteiger partial charge in [0, 0.05) is 11.1 Å². The van der Waals surface area contributed by atoms with E-state index in [1.807, 2.05) is 12.1 Å². The number of benzene rings is 3. The average Bonchev–Trinajstić information content (AvgIpc) is 3.33. The number of hydrogen-bond donors (Lipinski definition) is 2. The van der Waals surface area contributed by atoms with Crippen molar-refractivity contribution in [2.75, 3.05) is 0 Å². The Labute approximate surface area is 191 Å². The third-order valence-electron chi connectivity index (χ3n) is 5.27. The van der Waals surface area contributed by atoms with Crippen LogP contribution in [0.15, 0.2) is 107 Å². The summed E-state index contributed by atoms with van der Waals surface area (Å²) >= 11 is 0. The summed E-state index contributed by atoms with van der Waals surface area (Å²) in [6, 6.07) is 28.0. The Morgan fingerprint density at radius 3 is 1.97 bits per heavy atom. The van der Waals surface area contributed by atoms with Crippen molar-refractivity contribution in [1.82, 2.24) is 5.43 Å². The SMILES string of the molecule is CC(=O)c1ccc(-c2ccc(/C=N/NC(=O)C(O)(c3ccccc3)c3ccccc3)o2)cc1. The van der Waals surface area contributed by atoms with Crippen LogP contribution >= 0.6 is 0 Å². The minimum absolute atomic E-state index is 0.00414. The molecule has 0 unspecified atom stereocenters. The normalized spacial score (nSPS) is 11.5. The predicted molar refractivity (Wildman–Crippen MR) is 126 cm³/mol. The zero-order chi connectivity index (χ0) is 23.3. The Hall–Kier alpha value is -4.29. The fourth-order valence-electron chi connectivity index (χ4n) is 3.47. The van der Waals surface area contributed by atoms with Crippen LogP contribution in [0.5, 0.6) is 0 Å². The van der Waals surface area contributed by atoms with Crippen LogP contribution in [0.2, 0.25) is 0 Å². The second-order valence-corrected chi connectivity index (χ2v) is 7.48. The number of hydrazone groups is 1. The van der Waals surface area contributed by atoms with E-state index in [9.17, 15) is 14.7 Å². The molecule has 164 valence electrons. The van der Waals surface area contributed by atoms with Crippen molar-refractivity contribution in [3.8, 4) is 11.3 Å². The van der Waals surface area contributed by atoms with Crippen LogP contribution < -0.4 is 5.43 Å². The van der Waals surface area contributed by atoms with Gasteiger partial charge in [0.05, 0.1) is 6.21 Å². The molecule has 0 atom stereocenters. The number of hydrogen-bond acceptors (Lipinski definition) is 5. The van der Waals surface area contributed by atoms with Gasteiger partial charge in [0.2, 0.25) is 0 Å². The van der Waals surface area contributed by atoms with Crippen LogP contribution in [-0.2, 0) is 10.4 Å². The third-order valence-corrected chi connectivity index (χ3v) is 5.27. The Balaban J connectivity index is 1.51. The summed E-state index contributed by atoms with van der Waals surface area (Å²) < 4.78 is 5.76. The maximum Gasteiger partial charge on any atom is 0.281 e. The first-order valence-electron chi connectivity index (χ1n) is 10.4. The summed E-state index contributed by atoms with van der Waals surface area (Å²) in [5, 5.41) is 15.4. The van der Waals surface area contributed by atoms with Crippen LogP contribution in [0.25, 0.3) is 11.3 Å². The minimum atomic E-state index is -1.91. The quantitative estimate of drug-likeness (QED) is 0.252. The predicted octanol–water partition coefficient (Wildman–Crippen LogP) is 4.54. The lowest BCUT2D eigenvalue weighted by atomic mass is 9.85. The molecule has 0 aliphatic carbocycles. The number of nitrogens with zero attached hydrogens (tertiary/aromatic N) is 1. The number of carbonyl (C=O) groups is 2. The van der Waals surface area contributed by atoms with E-state index in [1.54, 1.807) is 84.9 Å². The van der Waals surface area contributed by atoms with Crippen LogP contribution in [-0.4, -0.2) is 23.0 Å². The summed E-state index contributed by atoms with van der Waals surface area (Å²) in [4.78, 5) is 24.5. The minimum Gasteiger partial charge on any atom is -0.455 e. The van der Waals surface area contributed by atoms with E-state index in [2.05, 4.69) is 10.5 Å². The lowest BCUT2D eigenvalue weighted by Crippen LogP contribution is -2.43. The van der Waals surface area contributed by atoms with Gasteiger partial charge in [-0.3, -0.25) is 9.59 Å². The average molecular weight is 438 g/mol. The van der Waals surface area contributed by atoms with E-state index in [4.69, 9.17) is 4.42 Å². The molecule has 2 N–H and O–H groups in total. The van der Waals surface area contributed by atoms with E-state index >= 15 is 0 Å². The monoisotopic (exact) mass is 438 g/mol. The van der Waals surface area contributed by atoms with E-state index < -0.39 is 11.5 Å². The molecule has 4 rings (SSSR count). The Bertz CT molecular complexity index is 1240. The van der Waals surface area contributed by atoms with Crippen molar-refractivity contribution < 1.29 is 19.1 Å². The molecule has 0 fully saturated rings. The molecule has 0 aliphatic rings. The Kier molecular flexibility index (Phi) is 6.29. The highest BCUT2D eigenvalue weighted by molar-refractivity contribution is 5.94. The number of ketones is 1. The topological polar surface area (TPSA) is 91.9 Å². The molecule has 1 heterocycles. The number of nitrogens with one attached hydrogen (secondary N) is 1. The van der Waals surface area contributed by atoms with Gasteiger partial charge < -0.3 is 9.52 Å². The van der Waals surface area contributed by atoms with Gasteiger partial charge in [0.1, 0.15) is 11.5 Å². The van der Waals surface area contributed by atoms with Crippen molar-refractivity contribution in [2.24, 2.45) is 5.10 Å². The first kappa shape index (κ1) is 21.9. The first-order chi connectivity index (χ1) is 16.0. The zero-order valence-electron chi connectivity index (χ0n) is 17.9. The molecule has 6 heteroatoms. The standard InChI is InChI=1S/C27H22N2O4/c1-19(30)20-12-14-21(15-13-20)25-17-16-24(33-25)18-28-29-26(31)27(32,22-8-4-2-5-9-22)23-10-6-3-7-11-23/h2-18,32H,1H3,(H,29,31)/b28-18+. The van der Waals surface area contributed by atoms with Gasteiger partial charge in [-0.2, -0.15) is 5.10 Å². The Morgan fingerprint density at radius 1 is 0.848 bits per heavy atom. The summed E-state index contributed by atoms with van der Waals surface area (Å²) in [5.41, 5.74) is 2.80. The third kappa shape index (κ3) is 4.66. The fourth-order valence-corrected chi connectivity index (χ4v) is 3.47. The molecule has 1 aromatic heterocycles. The van der Waals surface area contributed by atoms with Gasteiger partial charge in [0.25, 0.3) is 5.91 Å². The second kappa shape index (κ2) is 9.46. The lowest BCUT2D eigenvalue weighted by molar-refractivity contribution is -0.136. The molecule has 3 aromatic carbocycles. The number of Topliss-reactive ketones (excluding diaryl/α,β-unsaturated/α-hetero) is 1. The molecule has 33 heavy (non-hydrogen) atoms. The molecule has 0 saturated heterocycles. The van der Waals surface area contributed by atoms with Gasteiger partial charge in [0.15, 0.2) is 11.4 Å². The first-order valence-corrected chi connectivity index (χ1v) is 10.4. The van der Waals surface area contributed by atoms with Crippen molar-refractivity contribution in [3.63, 3.8) is 0 Å². The summed E-state index contributed by atoms with van der Waals surface area (Å²) in [5.74, 6) is 0.324. The van der Waals surface area contributed by atoms with Gasteiger partial charge in [-0.15, -0.1) is 0 Å². The van der Waals surface area contributed by atoms with E-state index in [0.717, 1.165) is 5.56 Å². The molecule has 6 nitrogen and oxygen atoms in total. The summed E-state index contributed by atoms with van der Waals surface area (Å²) in [6.45, 7) is 1.52. The fraction of sp³-hybridized carbons (Fsp3) is 0.0741. The Morgan fingerprint density at radius 2 is 1.42 bits per heavy atom. The highest BCUT2D eigenvalue weighted by atomic mass is 16.3. The van der Waals surface area contributed by atoms with E-state index in [0.29, 0.717) is 28.2 Å². The van der Waals surface area contributed by atoms with Gasteiger partial charge in [-0.05, 0) is 30.2 Å². The zero-order valence-corrected chi connectivity index (χ0v) is 17.9. The largest absolute Gasteiger partial charge is 0.455 e. The maximum absolute atomic E-state index is 13.0. The van der Waals surface area contributed by atoms with E-state index in [-0.39, 0.29) is 5.78 Å². The number of carbonyl (C=O) groups excluding carboxylic acids is 2. The van der Waals surface area contributed by atoms with Crippen LogP contribution in [0, 0.1) is 0 Å². The molecular weight excluding hydrogens is 416 g/mol. The number of furan rings is 1. The van der Waals surface area contributed by atoms with Crippen LogP contribution in [0.3, 0.4) is 0 Å².